The van der Waals surface area contributed by atoms with E-state index in [1.165, 1.54) is 0 Å². The van der Waals surface area contributed by atoms with Crippen molar-refractivity contribution in [1.29, 1.82) is 0 Å². The topological polar surface area (TPSA) is 37.9 Å². The maximum Gasteiger partial charge on any atom is 0.129 e. The Morgan fingerprint density at radius 1 is 1.05 bits per heavy atom. The van der Waals surface area contributed by atoms with Crippen molar-refractivity contribution in [1.82, 2.24) is 9.97 Å². The first kappa shape index (κ1) is 14.0. The van der Waals surface area contributed by atoms with Crippen molar-refractivity contribution in [2.24, 2.45) is 0 Å². The van der Waals surface area contributed by atoms with Gasteiger partial charge in [0.15, 0.2) is 0 Å². The molecule has 0 fully saturated rings. The van der Waals surface area contributed by atoms with Gasteiger partial charge in [-0.15, -0.1) is 0 Å². The highest BCUT2D eigenvalue weighted by Crippen LogP contribution is 2.29. The number of hydrogen-bond donors (Lipinski definition) is 1. The number of rotatable bonds is 4. The van der Waals surface area contributed by atoms with E-state index >= 15 is 0 Å². The Hall–Kier alpha value is -1.97. The molecular formula is C16H12Cl2N2O. The van der Waals surface area contributed by atoms with Crippen LogP contribution in [-0.2, 0) is 6.61 Å². The first-order valence-electron chi connectivity index (χ1n) is 6.38. The van der Waals surface area contributed by atoms with Crippen molar-refractivity contribution in [2.75, 3.05) is 0 Å². The quantitative estimate of drug-likeness (QED) is 0.738. The molecule has 1 aromatic heterocycles. The molecule has 0 atom stereocenters. The third-order valence-electron chi connectivity index (χ3n) is 3.05. The molecule has 0 unspecified atom stereocenters. The van der Waals surface area contributed by atoms with E-state index in [-0.39, 0.29) is 0 Å². The molecule has 1 heterocycles. The van der Waals surface area contributed by atoms with Crippen molar-refractivity contribution in [3.05, 3.63) is 70.6 Å². The first-order chi connectivity index (χ1) is 10.2. The van der Waals surface area contributed by atoms with E-state index < -0.39 is 0 Å². The van der Waals surface area contributed by atoms with E-state index in [2.05, 4.69) is 9.97 Å². The van der Waals surface area contributed by atoms with Crippen LogP contribution in [0.5, 0.6) is 5.75 Å². The molecule has 0 radical (unpaired) electrons. The van der Waals surface area contributed by atoms with Gasteiger partial charge in [-0.3, -0.25) is 0 Å². The highest BCUT2D eigenvalue weighted by Gasteiger charge is 2.07. The molecule has 0 aliphatic rings. The summed E-state index contributed by atoms with van der Waals surface area (Å²) < 4.78 is 5.89. The van der Waals surface area contributed by atoms with Gasteiger partial charge in [0.05, 0.1) is 28.3 Å². The van der Waals surface area contributed by atoms with Crippen LogP contribution in [0.25, 0.3) is 11.3 Å². The van der Waals surface area contributed by atoms with E-state index in [0.717, 1.165) is 22.6 Å². The van der Waals surface area contributed by atoms with E-state index in [1.807, 2.05) is 36.4 Å². The lowest BCUT2D eigenvalue weighted by atomic mass is 10.1. The van der Waals surface area contributed by atoms with Gasteiger partial charge in [-0.25, -0.2) is 4.98 Å². The molecule has 0 aliphatic carbocycles. The number of benzene rings is 2. The molecule has 106 valence electrons. The zero-order valence-corrected chi connectivity index (χ0v) is 12.5. The second kappa shape index (κ2) is 6.20. The summed E-state index contributed by atoms with van der Waals surface area (Å²) >= 11 is 11.9. The number of ether oxygens (including phenoxy) is 1. The summed E-state index contributed by atoms with van der Waals surface area (Å²) in [6.07, 6.45) is 3.41. The number of halogens is 2. The molecule has 0 amide bonds. The van der Waals surface area contributed by atoms with Crippen LogP contribution in [0, 0.1) is 0 Å². The summed E-state index contributed by atoms with van der Waals surface area (Å²) in [7, 11) is 0. The van der Waals surface area contributed by atoms with Gasteiger partial charge < -0.3 is 9.72 Å². The molecule has 21 heavy (non-hydrogen) atoms. The summed E-state index contributed by atoms with van der Waals surface area (Å²) in [5.74, 6) is 0.785. The summed E-state index contributed by atoms with van der Waals surface area (Å²) in [5.41, 5.74) is 2.85. The zero-order valence-electron chi connectivity index (χ0n) is 11.0. The number of nitrogens with zero attached hydrogens (tertiary/aromatic N) is 1. The fourth-order valence-corrected chi connectivity index (χ4v) is 2.33. The molecule has 0 bridgehead atoms. The van der Waals surface area contributed by atoms with Crippen LogP contribution in [-0.4, -0.2) is 9.97 Å². The van der Waals surface area contributed by atoms with Crippen molar-refractivity contribution in [3.63, 3.8) is 0 Å². The van der Waals surface area contributed by atoms with E-state index in [0.29, 0.717) is 16.7 Å². The number of hydrogen-bond acceptors (Lipinski definition) is 2. The van der Waals surface area contributed by atoms with Crippen molar-refractivity contribution < 1.29 is 4.74 Å². The molecule has 1 N–H and O–H groups in total. The average molecular weight is 319 g/mol. The second-order valence-corrected chi connectivity index (χ2v) is 5.31. The van der Waals surface area contributed by atoms with Gasteiger partial charge in [-0.2, -0.15) is 0 Å². The maximum atomic E-state index is 6.01. The molecule has 0 saturated carbocycles. The third-order valence-corrected chi connectivity index (χ3v) is 3.79. The Morgan fingerprint density at radius 3 is 2.67 bits per heavy atom. The van der Waals surface area contributed by atoms with Gasteiger partial charge >= 0.3 is 0 Å². The summed E-state index contributed by atoms with van der Waals surface area (Å²) in [6, 6.07) is 13.3. The summed E-state index contributed by atoms with van der Waals surface area (Å²) in [5, 5.41) is 1.07. The molecule has 3 aromatic rings. The standard InChI is InChI=1S/C16H12Cl2N2O/c17-13-6-5-11(7-14(13)18)9-21-16-4-2-1-3-12(16)15-8-19-10-20-15/h1-8,10H,9H2,(H,19,20). The SMILES string of the molecule is Clc1ccc(COc2ccccc2-c2cnc[nH]2)cc1Cl. The fraction of sp³-hybridized carbons (Fsp3) is 0.0625. The predicted octanol–water partition coefficient (Wildman–Crippen LogP) is 4.96. The zero-order chi connectivity index (χ0) is 14.7. The number of H-pyrrole nitrogens is 1. The van der Waals surface area contributed by atoms with Crippen molar-refractivity contribution in [2.45, 2.75) is 6.61 Å². The van der Waals surface area contributed by atoms with Gasteiger partial charge in [0, 0.05) is 5.56 Å². The Bertz CT molecular complexity index is 742. The highest BCUT2D eigenvalue weighted by molar-refractivity contribution is 6.42. The molecular weight excluding hydrogens is 307 g/mol. The fourth-order valence-electron chi connectivity index (χ4n) is 2.01. The van der Waals surface area contributed by atoms with Crippen LogP contribution in [0.3, 0.4) is 0 Å². The molecule has 3 nitrogen and oxygen atoms in total. The first-order valence-corrected chi connectivity index (χ1v) is 7.14. The minimum absolute atomic E-state index is 0.419. The van der Waals surface area contributed by atoms with Crippen LogP contribution in [0.2, 0.25) is 10.0 Å². The highest BCUT2D eigenvalue weighted by atomic mass is 35.5. The van der Waals surface area contributed by atoms with Crippen LogP contribution < -0.4 is 4.74 Å². The monoisotopic (exact) mass is 318 g/mol. The van der Waals surface area contributed by atoms with Crippen molar-refractivity contribution >= 4 is 23.2 Å². The average Bonchev–Trinajstić information content (AvgIpc) is 3.03. The molecule has 0 aliphatic heterocycles. The largest absolute Gasteiger partial charge is 0.488 e. The van der Waals surface area contributed by atoms with Gasteiger partial charge in [-0.1, -0.05) is 41.4 Å². The Balaban J connectivity index is 1.81. The van der Waals surface area contributed by atoms with Crippen LogP contribution >= 0.6 is 23.2 Å². The Morgan fingerprint density at radius 2 is 1.90 bits per heavy atom. The lowest BCUT2D eigenvalue weighted by Gasteiger charge is -2.11. The van der Waals surface area contributed by atoms with E-state index in [9.17, 15) is 0 Å². The molecule has 5 heteroatoms. The van der Waals surface area contributed by atoms with Gasteiger partial charge in [0.25, 0.3) is 0 Å². The van der Waals surface area contributed by atoms with Crippen molar-refractivity contribution in [3.8, 4) is 17.0 Å². The number of aromatic amines is 1. The smallest absolute Gasteiger partial charge is 0.129 e. The van der Waals surface area contributed by atoms with Gasteiger partial charge in [0.1, 0.15) is 12.4 Å². The number of nitrogens with one attached hydrogen (secondary N) is 1. The lowest BCUT2D eigenvalue weighted by Crippen LogP contribution is -1.97. The summed E-state index contributed by atoms with van der Waals surface area (Å²) in [6.45, 7) is 0.419. The van der Waals surface area contributed by atoms with Gasteiger partial charge in [-0.05, 0) is 29.8 Å². The number of imidazole rings is 1. The normalized spacial score (nSPS) is 10.6. The third kappa shape index (κ3) is 3.20. The minimum atomic E-state index is 0.419. The molecule has 3 rings (SSSR count). The van der Waals surface area contributed by atoms with E-state index in [1.54, 1.807) is 18.6 Å². The van der Waals surface area contributed by atoms with Crippen LogP contribution in [0.15, 0.2) is 55.0 Å². The predicted molar refractivity (Wildman–Crippen MR) is 84.8 cm³/mol. The number of aromatic nitrogens is 2. The van der Waals surface area contributed by atoms with E-state index in [4.69, 9.17) is 27.9 Å². The maximum absolute atomic E-state index is 6.01. The second-order valence-electron chi connectivity index (χ2n) is 4.50. The number of para-hydroxylation sites is 1. The lowest BCUT2D eigenvalue weighted by molar-refractivity contribution is 0.307. The molecule has 0 spiro atoms. The van der Waals surface area contributed by atoms with Crippen LogP contribution in [0.4, 0.5) is 0 Å². The molecule has 0 saturated heterocycles. The Kier molecular flexibility index (Phi) is 4.13. The minimum Gasteiger partial charge on any atom is -0.488 e. The van der Waals surface area contributed by atoms with Crippen LogP contribution in [0.1, 0.15) is 5.56 Å². The Labute approximate surface area is 132 Å². The molecule has 2 aromatic carbocycles. The van der Waals surface area contributed by atoms with Gasteiger partial charge in [0.2, 0.25) is 0 Å². The summed E-state index contributed by atoms with van der Waals surface area (Å²) in [4.78, 5) is 7.11.